The summed E-state index contributed by atoms with van der Waals surface area (Å²) in [6.07, 6.45) is 2.48. The first-order valence-electron chi connectivity index (χ1n) is 6.68. The van der Waals surface area contributed by atoms with E-state index < -0.39 is 0 Å². The van der Waals surface area contributed by atoms with E-state index in [4.69, 9.17) is 0 Å². The molecule has 0 heterocycles. The van der Waals surface area contributed by atoms with Crippen molar-refractivity contribution < 1.29 is 4.39 Å². The fourth-order valence-corrected chi connectivity index (χ4v) is 4.26. The Morgan fingerprint density at radius 3 is 2.61 bits per heavy atom. The van der Waals surface area contributed by atoms with Gasteiger partial charge in [0.25, 0.3) is 0 Å². The van der Waals surface area contributed by atoms with Crippen LogP contribution in [0.15, 0.2) is 29.2 Å². The molecule has 1 nitrogen and oxygen atoms in total. The van der Waals surface area contributed by atoms with E-state index >= 15 is 0 Å². The number of benzene rings is 1. The largest absolute Gasteiger partial charge is 0.313 e. The highest BCUT2D eigenvalue weighted by Crippen LogP contribution is 2.44. The topological polar surface area (TPSA) is 12.0 Å². The summed E-state index contributed by atoms with van der Waals surface area (Å²) in [5.41, 5.74) is 0.355. The molecule has 2 unspecified atom stereocenters. The summed E-state index contributed by atoms with van der Waals surface area (Å²) in [5.74, 6) is -0.158. The first-order chi connectivity index (χ1) is 8.53. The van der Waals surface area contributed by atoms with Gasteiger partial charge in [-0.15, -0.1) is 11.8 Å². The van der Waals surface area contributed by atoms with Gasteiger partial charge in [0, 0.05) is 16.2 Å². The van der Waals surface area contributed by atoms with Crippen LogP contribution in [0.25, 0.3) is 0 Å². The van der Waals surface area contributed by atoms with Crippen LogP contribution in [0.1, 0.15) is 33.6 Å². The summed E-state index contributed by atoms with van der Waals surface area (Å²) in [4.78, 5) is 1.17. The molecule has 0 aliphatic heterocycles. The van der Waals surface area contributed by atoms with Gasteiger partial charge in [0.05, 0.1) is 0 Å². The van der Waals surface area contributed by atoms with Gasteiger partial charge >= 0.3 is 0 Å². The van der Waals surface area contributed by atoms with Crippen molar-refractivity contribution in [2.45, 2.75) is 49.8 Å². The fraction of sp³-hybridized carbons (Fsp3) is 0.600. The van der Waals surface area contributed by atoms with Crippen LogP contribution in [0.5, 0.6) is 0 Å². The summed E-state index contributed by atoms with van der Waals surface area (Å²) in [5, 5.41) is 4.21. The maximum absolute atomic E-state index is 12.9. The van der Waals surface area contributed by atoms with Crippen LogP contribution in [-0.4, -0.2) is 17.8 Å². The Hall–Kier alpha value is -0.540. The molecule has 0 amide bonds. The zero-order valence-electron chi connectivity index (χ0n) is 11.4. The maximum Gasteiger partial charge on any atom is 0.123 e. The second-order valence-corrected chi connectivity index (χ2v) is 6.99. The Morgan fingerprint density at radius 1 is 1.33 bits per heavy atom. The molecule has 3 heteroatoms. The van der Waals surface area contributed by atoms with E-state index in [0.29, 0.717) is 16.7 Å². The zero-order chi connectivity index (χ0) is 13.2. The van der Waals surface area contributed by atoms with Gasteiger partial charge in [-0.2, -0.15) is 0 Å². The SMILES string of the molecule is CCNC1C(Sc2ccc(F)cc2)CCC1(C)C. The van der Waals surface area contributed by atoms with Crippen molar-refractivity contribution in [3.8, 4) is 0 Å². The Bertz CT molecular complexity index is 388. The number of hydrogen-bond donors (Lipinski definition) is 1. The molecule has 1 aliphatic carbocycles. The Labute approximate surface area is 114 Å². The van der Waals surface area contributed by atoms with Crippen molar-refractivity contribution >= 4 is 11.8 Å². The van der Waals surface area contributed by atoms with E-state index in [-0.39, 0.29) is 5.82 Å². The average molecular weight is 267 g/mol. The number of nitrogens with one attached hydrogen (secondary N) is 1. The van der Waals surface area contributed by atoms with E-state index in [9.17, 15) is 4.39 Å². The molecular formula is C15H22FNS. The third-order valence-corrected chi connectivity index (χ3v) is 5.17. The van der Waals surface area contributed by atoms with Gasteiger partial charge in [-0.3, -0.25) is 0 Å². The van der Waals surface area contributed by atoms with Crippen molar-refractivity contribution in [1.29, 1.82) is 0 Å². The molecule has 1 aromatic rings. The predicted molar refractivity (Wildman–Crippen MR) is 76.5 cm³/mol. The van der Waals surface area contributed by atoms with Crippen LogP contribution >= 0.6 is 11.8 Å². The van der Waals surface area contributed by atoms with Crippen LogP contribution in [0.3, 0.4) is 0 Å². The van der Waals surface area contributed by atoms with Gasteiger partial charge in [0.2, 0.25) is 0 Å². The van der Waals surface area contributed by atoms with Crippen molar-refractivity contribution in [3.05, 3.63) is 30.1 Å². The zero-order valence-corrected chi connectivity index (χ0v) is 12.2. The Kier molecular flexibility index (Phi) is 4.33. The minimum Gasteiger partial charge on any atom is -0.313 e. The monoisotopic (exact) mass is 267 g/mol. The van der Waals surface area contributed by atoms with Gasteiger partial charge < -0.3 is 5.32 Å². The van der Waals surface area contributed by atoms with Crippen LogP contribution in [0.4, 0.5) is 4.39 Å². The van der Waals surface area contributed by atoms with E-state index in [1.165, 1.54) is 17.7 Å². The van der Waals surface area contributed by atoms with E-state index in [0.717, 1.165) is 6.54 Å². The molecule has 1 aromatic carbocycles. The lowest BCUT2D eigenvalue weighted by molar-refractivity contribution is 0.290. The summed E-state index contributed by atoms with van der Waals surface area (Å²) in [6, 6.07) is 7.40. The lowest BCUT2D eigenvalue weighted by Gasteiger charge is -2.31. The minimum atomic E-state index is -0.158. The molecule has 0 bridgehead atoms. The second-order valence-electron chi connectivity index (χ2n) is 5.67. The summed E-state index contributed by atoms with van der Waals surface area (Å²) in [7, 11) is 0. The van der Waals surface area contributed by atoms with Crippen molar-refractivity contribution in [3.63, 3.8) is 0 Å². The van der Waals surface area contributed by atoms with Gasteiger partial charge in [-0.1, -0.05) is 20.8 Å². The van der Waals surface area contributed by atoms with Gasteiger partial charge in [0.1, 0.15) is 5.82 Å². The van der Waals surface area contributed by atoms with E-state index in [1.54, 1.807) is 12.1 Å². The van der Waals surface area contributed by atoms with E-state index in [1.807, 2.05) is 23.9 Å². The molecule has 1 saturated carbocycles. The number of thioether (sulfide) groups is 1. The molecule has 0 aromatic heterocycles. The second kappa shape index (κ2) is 5.62. The predicted octanol–water partition coefficient (Wildman–Crippen LogP) is 4.08. The van der Waals surface area contributed by atoms with Crippen molar-refractivity contribution in [1.82, 2.24) is 5.32 Å². The van der Waals surface area contributed by atoms with E-state index in [2.05, 4.69) is 26.1 Å². The fourth-order valence-electron chi connectivity index (χ4n) is 2.78. The molecule has 1 aliphatic rings. The number of hydrogen-bond acceptors (Lipinski definition) is 2. The third kappa shape index (κ3) is 3.07. The summed E-state index contributed by atoms with van der Waals surface area (Å²) >= 11 is 1.88. The minimum absolute atomic E-state index is 0.158. The maximum atomic E-state index is 12.9. The molecule has 100 valence electrons. The molecule has 1 N–H and O–H groups in total. The van der Waals surface area contributed by atoms with Gasteiger partial charge in [-0.25, -0.2) is 4.39 Å². The Balaban J connectivity index is 2.06. The molecule has 2 atom stereocenters. The molecule has 18 heavy (non-hydrogen) atoms. The molecule has 0 radical (unpaired) electrons. The van der Waals surface area contributed by atoms with Crippen LogP contribution < -0.4 is 5.32 Å². The standard InChI is InChI=1S/C15H22FNS/c1-4-17-14-13(9-10-15(14,2)3)18-12-7-5-11(16)6-8-12/h5-8,13-14,17H,4,9-10H2,1-3H3. The molecular weight excluding hydrogens is 245 g/mol. The molecule has 1 fully saturated rings. The summed E-state index contributed by atoms with van der Waals surface area (Å²) in [6.45, 7) is 7.85. The first kappa shape index (κ1) is 13.9. The number of rotatable bonds is 4. The van der Waals surface area contributed by atoms with Crippen LogP contribution in [0.2, 0.25) is 0 Å². The average Bonchev–Trinajstić information content (AvgIpc) is 2.60. The molecule has 2 rings (SSSR count). The van der Waals surface area contributed by atoms with Crippen molar-refractivity contribution in [2.24, 2.45) is 5.41 Å². The lowest BCUT2D eigenvalue weighted by atomic mass is 9.87. The smallest absolute Gasteiger partial charge is 0.123 e. The van der Waals surface area contributed by atoms with Crippen molar-refractivity contribution in [2.75, 3.05) is 6.54 Å². The quantitative estimate of drug-likeness (QED) is 0.882. The number of halogens is 1. The molecule has 0 saturated heterocycles. The van der Waals surface area contributed by atoms with Crippen LogP contribution in [-0.2, 0) is 0 Å². The highest BCUT2D eigenvalue weighted by atomic mass is 32.2. The Morgan fingerprint density at radius 2 is 2.00 bits per heavy atom. The molecule has 0 spiro atoms. The first-order valence-corrected chi connectivity index (χ1v) is 7.56. The van der Waals surface area contributed by atoms with Gasteiger partial charge in [-0.05, 0) is 49.1 Å². The highest BCUT2D eigenvalue weighted by molar-refractivity contribution is 8.00. The van der Waals surface area contributed by atoms with Gasteiger partial charge in [0.15, 0.2) is 0 Å². The highest BCUT2D eigenvalue weighted by Gasteiger charge is 2.41. The lowest BCUT2D eigenvalue weighted by Crippen LogP contribution is -2.43. The summed E-state index contributed by atoms with van der Waals surface area (Å²) < 4.78 is 12.9. The third-order valence-electron chi connectivity index (χ3n) is 3.81. The van der Waals surface area contributed by atoms with Crippen LogP contribution in [0, 0.1) is 11.2 Å². The normalized spacial score (nSPS) is 26.4.